The van der Waals surface area contributed by atoms with Crippen LogP contribution in [0, 0.1) is 6.92 Å². The van der Waals surface area contributed by atoms with E-state index in [1.807, 2.05) is 18.4 Å². The van der Waals surface area contributed by atoms with Gasteiger partial charge in [-0.2, -0.15) is 0 Å². The first kappa shape index (κ1) is 12.0. The van der Waals surface area contributed by atoms with Crippen LogP contribution in [0.15, 0.2) is 18.7 Å². The summed E-state index contributed by atoms with van der Waals surface area (Å²) in [5.74, 6) is 1.47. The molecule has 0 aliphatic carbocycles. The molecular formula is C12H11ClN6. The molecular weight excluding hydrogens is 264 g/mol. The van der Waals surface area contributed by atoms with E-state index in [0.29, 0.717) is 10.7 Å². The molecule has 0 unspecified atom stereocenters. The van der Waals surface area contributed by atoms with Crippen molar-refractivity contribution in [3.63, 3.8) is 0 Å². The van der Waals surface area contributed by atoms with Gasteiger partial charge in [-0.25, -0.2) is 24.9 Å². The Kier molecular flexibility index (Phi) is 2.87. The fourth-order valence-electron chi connectivity index (χ4n) is 1.94. The van der Waals surface area contributed by atoms with E-state index in [2.05, 4.69) is 24.9 Å². The van der Waals surface area contributed by atoms with Crippen molar-refractivity contribution in [2.45, 2.75) is 20.4 Å². The molecule has 0 saturated heterocycles. The molecule has 3 heterocycles. The second kappa shape index (κ2) is 4.55. The Bertz CT molecular complexity index is 734. The number of rotatable bonds is 2. The Hall–Kier alpha value is -2.08. The summed E-state index contributed by atoms with van der Waals surface area (Å²) in [5, 5.41) is 0.353. The van der Waals surface area contributed by atoms with Crippen LogP contribution >= 0.6 is 11.6 Å². The third-order valence-corrected chi connectivity index (χ3v) is 3.12. The van der Waals surface area contributed by atoms with Crippen LogP contribution in [0.1, 0.15) is 12.7 Å². The lowest BCUT2D eigenvalue weighted by Gasteiger charge is -2.04. The minimum Gasteiger partial charge on any atom is -0.309 e. The quantitative estimate of drug-likeness (QED) is 0.671. The number of aryl methyl sites for hydroxylation is 2. The van der Waals surface area contributed by atoms with Gasteiger partial charge in [0.15, 0.2) is 10.8 Å². The number of hydrogen-bond acceptors (Lipinski definition) is 5. The van der Waals surface area contributed by atoms with Crippen molar-refractivity contribution in [2.75, 3.05) is 0 Å². The molecule has 0 fully saturated rings. The zero-order valence-corrected chi connectivity index (χ0v) is 11.3. The molecule has 3 aromatic heterocycles. The van der Waals surface area contributed by atoms with Crippen molar-refractivity contribution in [1.82, 2.24) is 29.5 Å². The van der Waals surface area contributed by atoms with Crippen LogP contribution in [0.2, 0.25) is 5.15 Å². The summed E-state index contributed by atoms with van der Waals surface area (Å²) in [4.78, 5) is 21.1. The predicted octanol–water partition coefficient (Wildman–Crippen LogP) is 2.27. The molecule has 0 saturated carbocycles. The maximum Gasteiger partial charge on any atom is 0.165 e. The molecule has 0 aliphatic rings. The van der Waals surface area contributed by atoms with E-state index in [-0.39, 0.29) is 0 Å². The van der Waals surface area contributed by atoms with Gasteiger partial charge in [-0.15, -0.1) is 0 Å². The van der Waals surface area contributed by atoms with Crippen molar-refractivity contribution < 1.29 is 0 Å². The molecule has 6 nitrogen and oxygen atoms in total. The second-order valence-corrected chi connectivity index (χ2v) is 4.39. The molecule has 0 bridgehead atoms. The van der Waals surface area contributed by atoms with Crippen LogP contribution in [0.5, 0.6) is 0 Å². The second-order valence-electron chi connectivity index (χ2n) is 4.04. The maximum atomic E-state index is 6.05. The predicted molar refractivity (Wildman–Crippen MR) is 71.8 cm³/mol. The first-order valence-corrected chi connectivity index (χ1v) is 6.24. The standard InChI is InChI=1S/C12H11ClN6/c1-3-19-11(8-4-14-7(2)15-5-8)18-9-10(13)16-6-17-12(9)19/h4-6H,3H2,1-2H3. The van der Waals surface area contributed by atoms with Crippen molar-refractivity contribution in [3.05, 3.63) is 29.7 Å². The van der Waals surface area contributed by atoms with Gasteiger partial charge in [0.2, 0.25) is 0 Å². The monoisotopic (exact) mass is 274 g/mol. The van der Waals surface area contributed by atoms with Gasteiger partial charge in [0.25, 0.3) is 0 Å². The van der Waals surface area contributed by atoms with Crippen LogP contribution in [0.3, 0.4) is 0 Å². The van der Waals surface area contributed by atoms with Crippen LogP contribution < -0.4 is 0 Å². The van der Waals surface area contributed by atoms with Gasteiger partial charge in [0.1, 0.15) is 23.5 Å². The number of imidazole rings is 1. The summed E-state index contributed by atoms with van der Waals surface area (Å²) < 4.78 is 1.97. The molecule has 7 heteroatoms. The first-order chi connectivity index (χ1) is 9.20. The van der Waals surface area contributed by atoms with E-state index in [4.69, 9.17) is 11.6 Å². The summed E-state index contributed by atoms with van der Waals surface area (Å²) >= 11 is 6.05. The number of nitrogens with zero attached hydrogens (tertiary/aromatic N) is 6. The number of halogens is 1. The molecule has 0 atom stereocenters. The third kappa shape index (κ3) is 1.94. The highest BCUT2D eigenvalue weighted by atomic mass is 35.5. The van der Waals surface area contributed by atoms with Gasteiger partial charge < -0.3 is 4.57 Å². The summed E-state index contributed by atoms with van der Waals surface area (Å²) in [7, 11) is 0. The Balaban J connectivity index is 2.29. The summed E-state index contributed by atoms with van der Waals surface area (Å²) in [6.45, 7) is 4.59. The Morgan fingerprint density at radius 1 is 1.16 bits per heavy atom. The van der Waals surface area contributed by atoms with Gasteiger partial charge in [-0.3, -0.25) is 0 Å². The zero-order chi connectivity index (χ0) is 13.4. The SMILES string of the molecule is CCn1c(-c2cnc(C)nc2)nc2c(Cl)ncnc21. The van der Waals surface area contributed by atoms with Gasteiger partial charge in [0, 0.05) is 18.9 Å². The fourth-order valence-corrected chi connectivity index (χ4v) is 2.11. The first-order valence-electron chi connectivity index (χ1n) is 5.86. The Labute approximate surface area is 114 Å². The molecule has 0 amide bonds. The van der Waals surface area contributed by atoms with E-state index < -0.39 is 0 Å². The molecule has 3 rings (SSSR count). The lowest BCUT2D eigenvalue weighted by Crippen LogP contribution is -2.00. The van der Waals surface area contributed by atoms with Crippen molar-refractivity contribution in [3.8, 4) is 11.4 Å². The van der Waals surface area contributed by atoms with Gasteiger partial charge >= 0.3 is 0 Å². The summed E-state index contributed by atoms with van der Waals surface area (Å²) in [6, 6.07) is 0. The van der Waals surface area contributed by atoms with E-state index >= 15 is 0 Å². The van der Waals surface area contributed by atoms with Gasteiger partial charge in [-0.05, 0) is 13.8 Å². The van der Waals surface area contributed by atoms with Gasteiger partial charge in [0.05, 0.1) is 5.56 Å². The topological polar surface area (TPSA) is 69.4 Å². The van der Waals surface area contributed by atoms with E-state index in [9.17, 15) is 0 Å². The molecule has 0 aromatic carbocycles. The van der Waals surface area contributed by atoms with Crippen molar-refractivity contribution in [1.29, 1.82) is 0 Å². The van der Waals surface area contributed by atoms with Crippen LogP contribution in [-0.2, 0) is 6.54 Å². The highest BCUT2D eigenvalue weighted by molar-refractivity contribution is 6.33. The Morgan fingerprint density at radius 3 is 2.58 bits per heavy atom. The molecule has 0 N–H and O–H groups in total. The van der Waals surface area contributed by atoms with Crippen molar-refractivity contribution >= 4 is 22.8 Å². The number of fused-ring (bicyclic) bond motifs is 1. The van der Waals surface area contributed by atoms with Crippen LogP contribution in [0.4, 0.5) is 0 Å². The summed E-state index contributed by atoms with van der Waals surface area (Å²) in [5.41, 5.74) is 2.15. The molecule has 3 aromatic rings. The smallest absolute Gasteiger partial charge is 0.165 e. The lowest BCUT2D eigenvalue weighted by atomic mass is 10.3. The van der Waals surface area contributed by atoms with E-state index in [0.717, 1.165) is 29.4 Å². The number of hydrogen-bond donors (Lipinski definition) is 0. The van der Waals surface area contributed by atoms with E-state index in [1.54, 1.807) is 12.4 Å². The van der Waals surface area contributed by atoms with Gasteiger partial charge in [-0.1, -0.05) is 11.6 Å². The minimum atomic E-state index is 0.353. The van der Waals surface area contributed by atoms with Crippen molar-refractivity contribution in [2.24, 2.45) is 0 Å². The van der Waals surface area contributed by atoms with E-state index in [1.165, 1.54) is 6.33 Å². The molecule has 19 heavy (non-hydrogen) atoms. The molecule has 0 radical (unpaired) electrons. The zero-order valence-electron chi connectivity index (χ0n) is 10.5. The lowest BCUT2D eigenvalue weighted by molar-refractivity contribution is 0.785. The summed E-state index contributed by atoms with van der Waals surface area (Å²) in [6.07, 6.45) is 4.93. The molecule has 0 spiro atoms. The maximum absolute atomic E-state index is 6.05. The Morgan fingerprint density at radius 2 is 1.89 bits per heavy atom. The van der Waals surface area contributed by atoms with Crippen LogP contribution in [0.25, 0.3) is 22.6 Å². The molecule has 0 aliphatic heterocycles. The average molecular weight is 275 g/mol. The fraction of sp³-hybridized carbons (Fsp3) is 0.250. The van der Waals surface area contributed by atoms with Crippen LogP contribution in [-0.4, -0.2) is 29.5 Å². The highest BCUT2D eigenvalue weighted by Gasteiger charge is 2.15. The third-order valence-electron chi connectivity index (χ3n) is 2.84. The minimum absolute atomic E-state index is 0.353. The number of aromatic nitrogens is 6. The molecule has 96 valence electrons. The normalized spacial score (nSPS) is 11.1. The average Bonchev–Trinajstić information content (AvgIpc) is 2.79. The largest absolute Gasteiger partial charge is 0.309 e. The highest BCUT2D eigenvalue weighted by Crippen LogP contribution is 2.25.